The Balaban J connectivity index is 4.02. The van der Waals surface area contributed by atoms with Gasteiger partial charge in [0.2, 0.25) is 0 Å². The number of alkyl halides is 5. The smallest absolute Gasteiger partial charge is 0.169 e. The molecule has 0 saturated heterocycles. The van der Waals surface area contributed by atoms with Gasteiger partial charge in [0.1, 0.15) is 0 Å². The van der Waals surface area contributed by atoms with Crippen LogP contribution in [0.15, 0.2) is 0 Å². The minimum Gasteiger partial charge on any atom is -0.169 e. The molecule has 1 atom stereocenters. The highest BCUT2D eigenvalue weighted by Gasteiger charge is 2.47. The first-order valence-electron chi connectivity index (χ1n) is 1.69. The SMILES string of the molecule is CC(Br)(I)C(F)(F)F. The van der Waals surface area contributed by atoms with Gasteiger partial charge in [0.25, 0.3) is 0 Å². The summed E-state index contributed by atoms with van der Waals surface area (Å²) in [6.45, 7) is 1.05. The molecule has 0 radical (unpaired) electrons. The van der Waals surface area contributed by atoms with Crippen molar-refractivity contribution < 1.29 is 13.2 Å². The standard InChI is InChI=1S/C3H3BrF3I/c1-2(4,8)3(5,6)7/h1H3. The zero-order chi connectivity index (χ0) is 7.00. The van der Waals surface area contributed by atoms with Crippen LogP contribution < -0.4 is 0 Å². The molecule has 5 heteroatoms. The lowest BCUT2D eigenvalue weighted by Crippen LogP contribution is -2.28. The van der Waals surface area contributed by atoms with Crippen molar-refractivity contribution >= 4 is 38.5 Å². The number of hydrogen-bond donors (Lipinski definition) is 0. The maximum atomic E-state index is 11.5. The lowest BCUT2D eigenvalue weighted by molar-refractivity contribution is -0.127. The van der Waals surface area contributed by atoms with Gasteiger partial charge in [0.05, 0.1) is 0 Å². The highest BCUT2D eigenvalue weighted by atomic mass is 127. The summed E-state index contributed by atoms with van der Waals surface area (Å²) in [5, 5.41) is 0. The quantitative estimate of drug-likeness (QED) is 0.476. The van der Waals surface area contributed by atoms with Gasteiger partial charge in [0.15, 0.2) is 2.33 Å². The van der Waals surface area contributed by atoms with Gasteiger partial charge in [-0.15, -0.1) is 0 Å². The van der Waals surface area contributed by atoms with Crippen molar-refractivity contribution in [1.82, 2.24) is 0 Å². The Morgan fingerprint density at radius 3 is 1.50 bits per heavy atom. The van der Waals surface area contributed by atoms with Gasteiger partial charge in [-0.2, -0.15) is 13.2 Å². The van der Waals surface area contributed by atoms with Crippen LogP contribution in [0.1, 0.15) is 6.92 Å². The molecular weight excluding hydrogens is 300 g/mol. The van der Waals surface area contributed by atoms with Crippen molar-refractivity contribution in [2.75, 3.05) is 0 Å². The molecule has 0 aromatic heterocycles. The maximum Gasteiger partial charge on any atom is 0.412 e. The van der Waals surface area contributed by atoms with Gasteiger partial charge in [-0.25, -0.2) is 0 Å². The van der Waals surface area contributed by atoms with Crippen LogP contribution in [0, 0.1) is 0 Å². The Bertz CT molecular complexity index is 69.5. The summed E-state index contributed by atoms with van der Waals surface area (Å²) < 4.78 is 32.7. The van der Waals surface area contributed by atoms with Crippen LogP contribution in [-0.4, -0.2) is 8.51 Å². The van der Waals surface area contributed by atoms with Crippen molar-refractivity contribution in [3.63, 3.8) is 0 Å². The van der Waals surface area contributed by atoms with Crippen LogP contribution in [0.4, 0.5) is 13.2 Å². The third-order valence-electron chi connectivity index (χ3n) is 0.498. The number of rotatable bonds is 0. The van der Waals surface area contributed by atoms with Crippen molar-refractivity contribution in [3.8, 4) is 0 Å². The Kier molecular flexibility index (Phi) is 2.61. The summed E-state index contributed by atoms with van der Waals surface area (Å²) in [5.74, 6) is 0. The average Bonchev–Trinajstić information content (AvgIpc) is 1.25. The van der Waals surface area contributed by atoms with Gasteiger partial charge in [-0.05, 0) is 6.92 Å². The van der Waals surface area contributed by atoms with Crippen LogP contribution in [0.3, 0.4) is 0 Å². The molecule has 0 aliphatic carbocycles. The molecule has 1 unspecified atom stereocenters. The molecule has 0 aliphatic rings. The fourth-order valence-corrected chi connectivity index (χ4v) is 0. The number of halogens is 5. The Morgan fingerprint density at radius 1 is 1.38 bits per heavy atom. The second-order valence-corrected chi connectivity index (χ2v) is 6.61. The molecule has 0 aromatic carbocycles. The molecule has 0 aromatic rings. The van der Waals surface area contributed by atoms with Gasteiger partial charge < -0.3 is 0 Å². The van der Waals surface area contributed by atoms with Crippen molar-refractivity contribution in [2.24, 2.45) is 0 Å². The maximum absolute atomic E-state index is 11.5. The van der Waals surface area contributed by atoms with Gasteiger partial charge in [-0.1, -0.05) is 38.5 Å². The molecule has 0 spiro atoms. The molecule has 0 heterocycles. The summed E-state index contributed by atoms with van der Waals surface area (Å²) in [6, 6.07) is 0. The van der Waals surface area contributed by atoms with E-state index in [1.807, 2.05) is 0 Å². The predicted octanol–water partition coefficient (Wildman–Crippen LogP) is 3.09. The molecule has 0 saturated carbocycles. The van der Waals surface area contributed by atoms with E-state index < -0.39 is 8.51 Å². The van der Waals surface area contributed by atoms with Crippen LogP contribution >= 0.6 is 38.5 Å². The summed E-state index contributed by atoms with van der Waals surface area (Å²) in [6.07, 6.45) is -4.16. The Labute approximate surface area is 67.1 Å². The normalized spacial score (nSPS) is 20.2. The zero-order valence-electron chi connectivity index (χ0n) is 3.89. The second-order valence-electron chi connectivity index (χ2n) is 1.39. The van der Waals surface area contributed by atoms with Crippen LogP contribution in [0.2, 0.25) is 0 Å². The van der Waals surface area contributed by atoms with Crippen LogP contribution in [-0.2, 0) is 0 Å². The molecule has 0 aliphatic heterocycles. The monoisotopic (exact) mass is 302 g/mol. The highest BCUT2D eigenvalue weighted by molar-refractivity contribution is 14.1. The molecule has 0 nitrogen and oxygen atoms in total. The van der Waals surface area contributed by atoms with E-state index in [-0.39, 0.29) is 0 Å². The number of hydrogen-bond acceptors (Lipinski definition) is 0. The first-order valence-corrected chi connectivity index (χ1v) is 3.57. The third-order valence-corrected chi connectivity index (χ3v) is 1.56. The van der Waals surface area contributed by atoms with Gasteiger partial charge >= 0.3 is 6.18 Å². The van der Waals surface area contributed by atoms with E-state index in [9.17, 15) is 13.2 Å². The first-order chi connectivity index (χ1) is 3.25. The first kappa shape index (κ1) is 9.00. The zero-order valence-corrected chi connectivity index (χ0v) is 7.63. The summed E-state index contributed by atoms with van der Waals surface area (Å²) in [7, 11) is 0. The van der Waals surface area contributed by atoms with Crippen molar-refractivity contribution in [3.05, 3.63) is 0 Å². The molecule has 0 amide bonds. The van der Waals surface area contributed by atoms with Gasteiger partial charge in [-0.3, -0.25) is 0 Å². The van der Waals surface area contributed by atoms with E-state index in [1.165, 1.54) is 22.6 Å². The van der Waals surface area contributed by atoms with E-state index >= 15 is 0 Å². The van der Waals surface area contributed by atoms with Crippen LogP contribution in [0.25, 0.3) is 0 Å². The van der Waals surface area contributed by atoms with Crippen molar-refractivity contribution in [1.29, 1.82) is 0 Å². The molecule has 0 fully saturated rings. The van der Waals surface area contributed by atoms with Gasteiger partial charge in [0, 0.05) is 0 Å². The molecule has 8 heavy (non-hydrogen) atoms. The lowest BCUT2D eigenvalue weighted by Gasteiger charge is -2.17. The molecule has 0 N–H and O–H groups in total. The van der Waals surface area contributed by atoms with Crippen molar-refractivity contribution in [2.45, 2.75) is 15.4 Å². The van der Waals surface area contributed by atoms with E-state index in [0.29, 0.717) is 0 Å². The fourth-order valence-electron chi connectivity index (χ4n) is 0. The summed E-state index contributed by atoms with van der Waals surface area (Å²) in [4.78, 5) is 0. The highest BCUT2D eigenvalue weighted by Crippen LogP contribution is 2.42. The summed E-state index contributed by atoms with van der Waals surface area (Å²) >= 11 is 3.74. The Morgan fingerprint density at radius 2 is 1.50 bits per heavy atom. The van der Waals surface area contributed by atoms with Crippen LogP contribution in [0.5, 0.6) is 0 Å². The largest absolute Gasteiger partial charge is 0.412 e. The average molecular weight is 303 g/mol. The molecular formula is C3H3BrF3I. The molecule has 0 rings (SSSR count). The lowest BCUT2D eigenvalue weighted by atomic mass is 10.5. The Hall–Kier alpha value is 1.000. The topological polar surface area (TPSA) is 0 Å². The summed E-state index contributed by atoms with van der Waals surface area (Å²) in [5.41, 5.74) is 0. The molecule has 50 valence electrons. The second kappa shape index (κ2) is 2.32. The van der Waals surface area contributed by atoms with E-state index in [0.717, 1.165) is 6.92 Å². The fraction of sp³-hybridized carbons (Fsp3) is 1.00. The van der Waals surface area contributed by atoms with E-state index in [2.05, 4.69) is 15.9 Å². The predicted molar refractivity (Wildman–Crippen MR) is 37.4 cm³/mol. The third kappa shape index (κ3) is 2.52. The van der Waals surface area contributed by atoms with E-state index in [1.54, 1.807) is 0 Å². The minimum atomic E-state index is -4.16. The van der Waals surface area contributed by atoms with E-state index in [4.69, 9.17) is 0 Å². The molecule has 0 bridgehead atoms. The minimum absolute atomic E-state index is 1.05.